The minimum absolute atomic E-state index is 0.0179. The van der Waals surface area contributed by atoms with Crippen LogP contribution >= 0.6 is 0 Å². The summed E-state index contributed by atoms with van der Waals surface area (Å²) in [5.41, 5.74) is 1.98. The summed E-state index contributed by atoms with van der Waals surface area (Å²) in [5, 5.41) is 8.87. The van der Waals surface area contributed by atoms with Gasteiger partial charge in [0.2, 0.25) is 0 Å². The molecule has 5 nitrogen and oxygen atoms in total. The number of halogens is 1. The number of carbonyl (C=O) groups is 1. The fourth-order valence-electron chi connectivity index (χ4n) is 2.46. The fraction of sp³-hybridized carbons (Fsp3) is 0.0556. The van der Waals surface area contributed by atoms with Gasteiger partial charge in [-0.05, 0) is 41.5 Å². The van der Waals surface area contributed by atoms with Gasteiger partial charge in [-0.2, -0.15) is 0 Å². The standard InChI is InChI=1S/C18H14FNO4S/c19-16-4-6-17(7-5-16)25(23,24)20-9-8-15(12-20)14-3-1-2-13(10-14)11-18(21)22/h1-10,12H,11H2,(H,21,22). The molecule has 3 aromatic rings. The molecule has 0 fully saturated rings. The van der Waals surface area contributed by atoms with E-state index < -0.39 is 21.8 Å². The molecule has 0 aliphatic rings. The summed E-state index contributed by atoms with van der Waals surface area (Å²) < 4.78 is 39.2. The summed E-state index contributed by atoms with van der Waals surface area (Å²) in [5.74, 6) is -1.45. The van der Waals surface area contributed by atoms with E-state index in [-0.39, 0.29) is 11.3 Å². The van der Waals surface area contributed by atoms with Gasteiger partial charge in [-0.1, -0.05) is 24.3 Å². The van der Waals surface area contributed by atoms with Crippen LogP contribution in [0.25, 0.3) is 11.1 Å². The first-order chi connectivity index (χ1) is 11.9. The highest BCUT2D eigenvalue weighted by atomic mass is 32.2. The molecule has 0 bridgehead atoms. The lowest BCUT2D eigenvalue weighted by Crippen LogP contribution is -2.10. The van der Waals surface area contributed by atoms with Gasteiger partial charge in [0.15, 0.2) is 0 Å². The monoisotopic (exact) mass is 359 g/mol. The van der Waals surface area contributed by atoms with Crippen molar-refractivity contribution >= 4 is 16.0 Å². The van der Waals surface area contributed by atoms with Crippen LogP contribution in [0.3, 0.4) is 0 Å². The van der Waals surface area contributed by atoms with Crippen LogP contribution in [0.4, 0.5) is 4.39 Å². The second-order valence-electron chi connectivity index (χ2n) is 5.46. The van der Waals surface area contributed by atoms with Crippen molar-refractivity contribution < 1.29 is 22.7 Å². The van der Waals surface area contributed by atoms with E-state index in [9.17, 15) is 17.6 Å². The maximum atomic E-state index is 13.0. The quantitative estimate of drug-likeness (QED) is 0.759. The predicted octanol–water partition coefficient (Wildman–Crippen LogP) is 3.16. The predicted molar refractivity (Wildman–Crippen MR) is 90.2 cm³/mol. The Balaban J connectivity index is 1.95. The van der Waals surface area contributed by atoms with Crippen LogP contribution in [-0.4, -0.2) is 23.5 Å². The van der Waals surface area contributed by atoms with Gasteiger partial charge in [0.05, 0.1) is 11.3 Å². The molecular formula is C18H14FNO4S. The van der Waals surface area contributed by atoms with E-state index in [0.29, 0.717) is 16.7 Å². The molecule has 0 spiro atoms. The number of aromatic nitrogens is 1. The van der Waals surface area contributed by atoms with Crippen molar-refractivity contribution in [3.05, 3.63) is 78.4 Å². The number of hydrogen-bond acceptors (Lipinski definition) is 3. The molecule has 1 N–H and O–H groups in total. The van der Waals surface area contributed by atoms with Gasteiger partial charge in [0.25, 0.3) is 10.0 Å². The van der Waals surface area contributed by atoms with Crippen LogP contribution in [0.1, 0.15) is 5.56 Å². The molecule has 3 rings (SSSR count). The highest BCUT2D eigenvalue weighted by molar-refractivity contribution is 7.90. The lowest BCUT2D eigenvalue weighted by Gasteiger charge is -2.05. The van der Waals surface area contributed by atoms with Gasteiger partial charge in [0, 0.05) is 18.0 Å². The average molecular weight is 359 g/mol. The molecule has 0 radical (unpaired) electrons. The first kappa shape index (κ1) is 16.9. The van der Waals surface area contributed by atoms with Gasteiger partial charge < -0.3 is 5.11 Å². The van der Waals surface area contributed by atoms with Crippen LogP contribution in [0.2, 0.25) is 0 Å². The molecule has 0 atom stereocenters. The van der Waals surface area contributed by atoms with Crippen molar-refractivity contribution in [1.29, 1.82) is 0 Å². The maximum absolute atomic E-state index is 13.0. The zero-order chi connectivity index (χ0) is 18.0. The van der Waals surface area contributed by atoms with Crippen LogP contribution < -0.4 is 0 Å². The van der Waals surface area contributed by atoms with Gasteiger partial charge >= 0.3 is 5.97 Å². The minimum Gasteiger partial charge on any atom is -0.481 e. The van der Waals surface area contributed by atoms with Gasteiger partial charge in [0.1, 0.15) is 5.82 Å². The Morgan fingerprint density at radius 2 is 1.76 bits per heavy atom. The van der Waals surface area contributed by atoms with Crippen molar-refractivity contribution in [3.8, 4) is 11.1 Å². The minimum atomic E-state index is -3.82. The molecule has 0 aliphatic carbocycles. The Bertz CT molecular complexity index is 1020. The Kier molecular flexibility index (Phi) is 4.41. The smallest absolute Gasteiger partial charge is 0.307 e. The number of carboxylic acids is 1. The number of nitrogens with zero attached hydrogens (tertiary/aromatic N) is 1. The molecule has 1 heterocycles. The zero-order valence-corrected chi connectivity index (χ0v) is 13.8. The second-order valence-corrected chi connectivity index (χ2v) is 7.30. The van der Waals surface area contributed by atoms with E-state index in [1.807, 2.05) is 0 Å². The molecule has 128 valence electrons. The third-order valence-electron chi connectivity index (χ3n) is 3.67. The van der Waals surface area contributed by atoms with Crippen LogP contribution in [0.5, 0.6) is 0 Å². The molecule has 2 aromatic carbocycles. The van der Waals surface area contributed by atoms with Gasteiger partial charge in [-0.25, -0.2) is 16.8 Å². The van der Waals surface area contributed by atoms with Crippen molar-refractivity contribution in [2.45, 2.75) is 11.3 Å². The summed E-state index contributed by atoms with van der Waals surface area (Å²) in [6.45, 7) is 0. The van der Waals surface area contributed by atoms with E-state index in [4.69, 9.17) is 5.11 Å². The van der Waals surface area contributed by atoms with E-state index >= 15 is 0 Å². The number of carboxylic acid groups (broad SMARTS) is 1. The lowest BCUT2D eigenvalue weighted by atomic mass is 10.0. The Hall–Kier alpha value is -2.93. The first-order valence-corrected chi connectivity index (χ1v) is 8.80. The van der Waals surface area contributed by atoms with E-state index in [1.54, 1.807) is 30.3 Å². The molecule has 0 aliphatic heterocycles. The number of rotatable bonds is 5. The van der Waals surface area contributed by atoms with Crippen LogP contribution in [0, 0.1) is 5.82 Å². The summed E-state index contributed by atoms with van der Waals surface area (Å²) in [6.07, 6.45) is 2.74. The van der Waals surface area contributed by atoms with Crippen molar-refractivity contribution in [3.63, 3.8) is 0 Å². The maximum Gasteiger partial charge on any atom is 0.307 e. The van der Waals surface area contributed by atoms with Gasteiger partial charge in [-0.15, -0.1) is 0 Å². The van der Waals surface area contributed by atoms with Crippen molar-refractivity contribution in [2.24, 2.45) is 0 Å². The topological polar surface area (TPSA) is 76.4 Å². The Labute approximate surface area is 144 Å². The molecule has 1 aromatic heterocycles. The first-order valence-electron chi connectivity index (χ1n) is 7.36. The summed E-state index contributed by atoms with van der Waals surface area (Å²) in [4.78, 5) is 10.8. The molecule has 0 saturated carbocycles. The lowest BCUT2D eigenvalue weighted by molar-refractivity contribution is -0.136. The molecule has 7 heteroatoms. The van der Waals surface area contributed by atoms with Crippen molar-refractivity contribution in [2.75, 3.05) is 0 Å². The third kappa shape index (κ3) is 3.61. The Morgan fingerprint density at radius 1 is 1.04 bits per heavy atom. The highest BCUT2D eigenvalue weighted by Gasteiger charge is 2.17. The molecule has 25 heavy (non-hydrogen) atoms. The molecule has 0 saturated heterocycles. The molecular weight excluding hydrogens is 345 g/mol. The van der Waals surface area contributed by atoms with E-state index in [0.717, 1.165) is 16.1 Å². The highest BCUT2D eigenvalue weighted by Crippen LogP contribution is 2.24. The number of hydrogen-bond donors (Lipinski definition) is 1. The SMILES string of the molecule is O=C(O)Cc1cccc(-c2ccn(S(=O)(=O)c3ccc(F)cc3)c2)c1. The van der Waals surface area contributed by atoms with E-state index in [2.05, 4.69) is 0 Å². The Morgan fingerprint density at radius 3 is 2.44 bits per heavy atom. The number of benzene rings is 2. The molecule has 0 amide bonds. The molecule has 0 unspecified atom stereocenters. The van der Waals surface area contributed by atoms with E-state index in [1.165, 1.54) is 24.5 Å². The van der Waals surface area contributed by atoms with Crippen LogP contribution in [0.15, 0.2) is 71.9 Å². The van der Waals surface area contributed by atoms with Crippen molar-refractivity contribution in [1.82, 2.24) is 3.97 Å². The average Bonchev–Trinajstić information content (AvgIpc) is 3.06. The second kappa shape index (κ2) is 6.52. The fourth-order valence-corrected chi connectivity index (χ4v) is 3.66. The number of aliphatic carboxylic acids is 1. The third-order valence-corrected chi connectivity index (χ3v) is 5.32. The summed E-state index contributed by atoms with van der Waals surface area (Å²) >= 11 is 0. The van der Waals surface area contributed by atoms with Gasteiger partial charge in [-0.3, -0.25) is 4.79 Å². The normalized spacial score (nSPS) is 11.4. The largest absolute Gasteiger partial charge is 0.481 e. The zero-order valence-electron chi connectivity index (χ0n) is 13.0. The summed E-state index contributed by atoms with van der Waals surface area (Å²) in [7, 11) is -3.82. The summed E-state index contributed by atoms with van der Waals surface area (Å²) in [6, 6.07) is 13.1. The van der Waals surface area contributed by atoms with Crippen LogP contribution in [-0.2, 0) is 21.2 Å².